The molecule has 104 valence electrons. The van der Waals surface area contributed by atoms with E-state index in [4.69, 9.17) is 0 Å². The third kappa shape index (κ3) is 4.84. The van der Waals surface area contributed by atoms with E-state index in [1.54, 1.807) is 18.0 Å². The van der Waals surface area contributed by atoms with Gasteiger partial charge in [0.05, 0.1) is 23.6 Å². The molecule has 0 saturated heterocycles. The van der Waals surface area contributed by atoms with Crippen molar-refractivity contribution in [1.82, 2.24) is 10.3 Å². The van der Waals surface area contributed by atoms with Crippen LogP contribution in [-0.2, 0) is 10.5 Å². The number of nitrogens with one attached hydrogen (secondary N) is 1. The minimum Gasteiger partial charge on any atom is -0.391 e. The molecule has 0 aliphatic heterocycles. The van der Waals surface area contributed by atoms with Gasteiger partial charge >= 0.3 is 0 Å². The maximum absolute atomic E-state index is 11.8. The highest BCUT2D eigenvalue weighted by Crippen LogP contribution is 2.18. The summed E-state index contributed by atoms with van der Waals surface area (Å²) in [6.07, 6.45) is 5.21. The smallest absolute Gasteiger partial charge is 0.230 e. The van der Waals surface area contributed by atoms with Gasteiger partial charge in [-0.3, -0.25) is 9.78 Å². The van der Waals surface area contributed by atoms with Gasteiger partial charge in [0.25, 0.3) is 0 Å². The molecule has 1 aromatic heterocycles. The van der Waals surface area contributed by atoms with Crippen molar-refractivity contribution in [2.75, 3.05) is 5.75 Å². The van der Waals surface area contributed by atoms with Crippen LogP contribution in [0.2, 0.25) is 0 Å². The molecule has 2 N–H and O–H groups in total. The molecule has 1 heterocycles. The van der Waals surface area contributed by atoms with Gasteiger partial charge in [-0.15, -0.1) is 11.8 Å². The van der Waals surface area contributed by atoms with Gasteiger partial charge < -0.3 is 10.4 Å². The highest BCUT2D eigenvalue weighted by Gasteiger charge is 2.24. The molecule has 5 heteroatoms. The molecule has 2 atom stereocenters. The molecule has 1 aliphatic carbocycles. The van der Waals surface area contributed by atoms with Gasteiger partial charge in [-0.05, 0) is 25.0 Å². The van der Waals surface area contributed by atoms with Crippen LogP contribution >= 0.6 is 11.8 Å². The quantitative estimate of drug-likeness (QED) is 0.862. The Kier molecular flexibility index (Phi) is 5.66. The van der Waals surface area contributed by atoms with Gasteiger partial charge in [-0.1, -0.05) is 18.9 Å². The Hall–Kier alpha value is -1.07. The molecular formula is C14H20N2O2S. The van der Waals surface area contributed by atoms with Crippen molar-refractivity contribution in [3.63, 3.8) is 0 Å². The van der Waals surface area contributed by atoms with Crippen LogP contribution in [0.1, 0.15) is 31.4 Å². The monoisotopic (exact) mass is 280 g/mol. The van der Waals surface area contributed by atoms with E-state index in [1.165, 1.54) is 0 Å². The van der Waals surface area contributed by atoms with Crippen molar-refractivity contribution in [3.8, 4) is 0 Å². The summed E-state index contributed by atoms with van der Waals surface area (Å²) < 4.78 is 0. The Morgan fingerprint density at radius 3 is 3.00 bits per heavy atom. The SMILES string of the molecule is O=C(CSCc1ccccn1)NC1CCCCC1O. The van der Waals surface area contributed by atoms with Crippen LogP contribution in [-0.4, -0.2) is 33.9 Å². The molecule has 2 unspecified atom stereocenters. The third-order valence-electron chi connectivity index (χ3n) is 3.29. The molecular weight excluding hydrogens is 260 g/mol. The lowest BCUT2D eigenvalue weighted by Crippen LogP contribution is -2.45. The molecule has 0 radical (unpaired) electrons. The van der Waals surface area contributed by atoms with Crippen molar-refractivity contribution >= 4 is 17.7 Å². The van der Waals surface area contributed by atoms with Crippen molar-refractivity contribution in [3.05, 3.63) is 30.1 Å². The number of hydrogen-bond acceptors (Lipinski definition) is 4. The van der Waals surface area contributed by atoms with Gasteiger partial charge in [0.15, 0.2) is 0 Å². The normalized spacial score (nSPS) is 23.0. The van der Waals surface area contributed by atoms with Gasteiger partial charge in [-0.25, -0.2) is 0 Å². The van der Waals surface area contributed by atoms with E-state index in [0.717, 1.165) is 37.1 Å². The van der Waals surface area contributed by atoms with E-state index < -0.39 is 0 Å². The second-order valence-electron chi connectivity index (χ2n) is 4.84. The number of rotatable bonds is 5. The second-order valence-corrected chi connectivity index (χ2v) is 5.83. The Morgan fingerprint density at radius 1 is 1.42 bits per heavy atom. The van der Waals surface area contributed by atoms with Crippen molar-refractivity contribution in [2.45, 2.75) is 43.6 Å². The summed E-state index contributed by atoms with van der Waals surface area (Å²) in [5.41, 5.74) is 0.984. The van der Waals surface area contributed by atoms with Crippen LogP contribution in [0.3, 0.4) is 0 Å². The summed E-state index contributed by atoms with van der Waals surface area (Å²) in [6.45, 7) is 0. The maximum atomic E-state index is 11.8. The lowest BCUT2D eigenvalue weighted by atomic mass is 9.93. The van der Waals surface area contributed by atoms with Gasteiger partial charge in [0.1, 0.15) is 0 Å². The second kappa shape index (κ2) is 7.50. The predicted octanol–water partition coefficient (Wildman–Crippen LogP) is 1.73. The summed E-state index contributed by atoms with van der Waals surface area (Å²) in [5.74, 6) is 1.16. The van der Waals surface area contributed by atoms with Crippen LogP contribution in [0, 0.1) is 0 Å². The maximum Gasteiger partial charge on any atom is 0.230 e. The van der Waals surface area contributed by atoms with Crippen molar-refractivity contribution < 1.29 is 9.90 Å². The fraction of sp³-hybridized carbons (Fsp3) is 0.571. The fourth-order valence-corrected chi connectivity index (χ4v) is 3.01. The van der Waals surface area contributed by atoms with E-state index in [0.29, 0.717) is 5.75 Å². The van der Waals surface area contributed by atoms with Crippen LogP contribution in [0.15, 0.2) is 24.4 Å². The Labute approximate surface area is 118 Å². The molecule has 1 aromatic rings. The summed E-state index contributed by atoms with van der Waals surface area (Å²) in [6, 6.07) is 5.72. The predicted molar refractivity (Wildman–Crippen MR) is 76.8 cm³/mol. The molecule has 4 nitrogen and oxygen atoms in total. The largest absolute Gasteiger partial charge is 0.391 e. The minimum atomic E-state index is -0.376. The van der Waals surface area contributed by atoms with E-state index in [2.05, 4.69) is 10.3 Å². The van der Waals surface area contributed by atoms with E-state index in [1.807, 2.05) is 18.2 Å². The highest BCUT2D eigenvalue weighted by molar-refractivity contribution is 7.99. The molecule has 19 heavy (non-hydrogen) atoms. The lowest BCUT2D eigenvalue weighted by Gasteiger charge is -2.28. The number of hydrogen-bond donors (Lipinski definition) is 2. The molecule has 0 bridgehead atoms. The lowest BCUT2D eigenvalue weighted by molar-refractivity contribution is -0.120. The Morgan fingerprint density at radius 2 is 2.26 bits per heavy atom. The topological polar surface area (TPSA) is 62.2 Å². The van der Waals surface area contributed by atoms with Crippen molar-refractivity contribution in [2.24, 2.45) is 0 Å². The Balaban J connectivity index is 1.67. The van der Waals surface area contributed by atoms with Gasteiger partial charge in [-0.2, -0.15) is 0 Å². The standard InChI is InChI=1S/C14H20N2O2S/c17-13-7-2-1-6-12(13)16-14(18)10-19-9-11-5-3-4-8-15-11/h3-5,8,12-13,17H,1-2,6-7,9-10H2,(H,16,18). The molecule has 1 fully saturated rings. The van der Waals surface area contributed by atoms with E-state index >= 15 is 0 Å². The zero-order valence-corrected chi connectivity index (χ0v) is 11.7. The Bertz CT molecular complexity index is 400. The first-order valence-electron chi connectivity index (χ1n) is 6.71. The van der Waals surface area contributed by atoms with E-state index in [9.17, 15) is 9.90 Å². The number of aliphatic hydroxyl groups is 1. The summed E-state index contributed by atoms with van der Waals surface area (Å²) in [5, 5.41) is 12.7. The zero-order valence-electron chi connectivity index (χ0n) is 10.9. The average Bonchev–Trinajstić information content (AvgIpc) is 2.43. The number of nitrogens with zero attached hydrogens (tertiary/aromatic N) is 1. The fourth-order valence-electron chi connectivity index (χ4n) is 2.26. The first-order valence-corrected chi connectivity index (χ1v) is 7.86. The molecule has 1 amide bonds. The zero-order chi connectivity index (χ0) is 13.5. The van der Waals surface area contributed by atoms with Crippen LogP contribution in [0.4, 0.5) is 0 Å². The summed E-state index contributed by atoms with van der Waals surface area (Å²) >= 11 is 1.55. The highest BCUT2D eigenvalue weighted by atomic mass is 32.2. The molecule has 0 aromatic carbocycles. The number of aliphatic hydroxyl groups excluding tert-OH is 1. The number of pyridine rings is 1. The molecule has 0 spiro atoms. The van der Waals surface area contributed by atoms with Crippen LogP contribution in [0.5, 0.6) is 0 Å². The van der Waals surface area contributed by atoms with Gasteiger partial charge in [0, 0.05) is 11.9 Å². The summed E-state index contributed by atoms with van der Waals surface area (Å²) in [7, 11) is 0. The third-order valence-corrected chi connectivity index (χ3v) is 4.25. The van der Waals surface area contributed by atoms with Gasteiger partial charge in [0.2, 0.25) is 5.91 Å². The first kappa shape index (κ1) is 14.3. The first-order chi connectivity index (χ1) is 9.25. The number of carbonyl (C=O) groups excluding carboxylic acids is 1. The number of aromatic nitrogens is 1. The molecule has 1 aliphatic rings. The minimum absolute atomic E-state index is 0.00637. The van der Waals surface area contributed by atoms with Crippen molar-refractivity contribution in [1.29, 1.82) is 0 Å². The molecule has 1 saturated carbocycles. The number of amides is 1. The van der Waals surface area contributed by atoms with Crippen LogP contribution < -0.4 is 5.32 Å². The summed E-state index contributed by atoms with van der Waals surface area (Å²) in [4.78, 5) is 16.0. The number of carbonyl (C=O) groups is 1. The van der Waals surface area contributed by atoms with E-state index in [-0.39, 0.29) is 18.1 Å². The average molecular weight is 280 g/mol. The number of thioether (sulfide) groups is 1. The van der Waals surface area contributed by atoms with Crippen LogP contribution in [0.25, 0.3) is 0 Å². The molecule has 2 rings (SSSR count).